The number of esters is 2. The van der Waals surface area contributed by atoms with Crippen LogP contribution in [0.1, 0.15) is 18.4 Å². The van der Waals surface area contributed by atoms with E-state index in [9.17, 15) is 14.4 Å². The lowest BCUT2D eigenvalue weighted by atomic mass is 10.1. The lowest BCUT2D eigenvalue weighted by Gasteiger charge is -2.17. The molecule has 2 N–H and O–H groups in total. The Hall–Kier alpha value is -2.41. The molecule has 0 aliphatic rings. The van der Waals surface area contributed by atoms with Crippen molar-refractivity contribution >= 4 is 17.8 Å². The molecule has 1 aromatic carbocycles. The third-order valence-electron chi connectivity index (χ3n) is 3.21. The highest BCUT2D eigenvalue weighted by Gasteiger charge is 2.18. The van der Waals surface area contributed by atoms with Gasteiger partial charge in [0.2, 0.25) is 5.91 Å². The van der Waals surface area contributed by atoms with E-state index in [4.69, 9.17) is 10.5 Å². The monoisotopic (exact) mass is 322 g/mol. The highest BCUT2D eigenvalue weighted by molar-refractivity contribution is 5.82. The molecule has 0 aromatic heterocycles. The summed E-state index contributed by atoms with van der Waals surface area (Å²) in [5, 5.41) is 0. The SMILES string of the molecule is COC(=O)C(N)CCC(=O)N(C)CC(=O)OCc1ccccc1. The van der Waals surface area contributed by atoms with E-state index in [1.54, 1.807) is 0 Å². The Morgan fingerprint density at radius 2 is 1.87 bits per heavy atom. The van der Waals surface area contributed by atoms with E-state index in [-0.39, 0.29) is 31.9 Å². The van der Waals surface area contributed by atoms with Crippen molar-refractivity contribution in [2.24, 2.45) is 5.73 Å². The van der Waals surface area contributed by atoms with E-state index in [1.165, 1.54) is 19.1 Å². The molecule has 126 valence electrons. The van der Waals surface area contributed by atoms with Gasteiger partial charge >= 0.3 is 11.9 Å². The Balaban J connectivity index is 2.31. The summed E-state index contributed by atoms with van der Waals surface area (Å²) >= 11 is 0. The summed E-state index contributed by atoms with van der Waals surface area (Å²) in [4.78, 5) is 36.0. The number of amides is 1. The number of carbonyl (C=O) groups excluding carboxylic acids is 3. The molecular formula is C16H22N2O5. The number of ether oxygens (including phenoxy) is 2. The molecule has 0 saturated carbocycles. The van der Waals surface area contributed by atoms with Crippen LogP contribution in [0.5, 0.6) is 0 Å². The van der Waals surface area contributed by atoms with Crippen LogP contribution >= 0.6 is 0 Å². The van der Waals surface area contributed by atoms with Crippen molar-refractivity contribution in [2.75, 3.05) is 20.7 Å². The van der Waals surface area contributed by atoms with Gasteiger partial charge in [0.15, 0.2) is 0 Å². The summed E-state index contributed by atoms with van der Waals surface area (Å²) in [5.41, 5.74) is 6.43. The zero-order chi connectivity index (χ0) is 17.2. The molecule has 0 aliphatic carbocycles. The predicted molar refractivity (Wildman–Crippen MR) is 83.1 cm³/mol. The van der Waals surface area contributed by atoms with Crippen LogP contribution in [-0.4, -0.2) is 49.5 Å². The van der Waals surface area contributed by atoms with Gasteiger partial charge in [-0.25, -0.2) is 0 Å². The minimum atomic E-state index is -0.845. The molecule has 1 unspecified atom stereocenters. The maximum Gasteiger partial charge on any atom is 0.325 e. The second kappa shape index (κ2) is 9.58. The van der Waals surface area contributed by atoms with Crippen LogP contribution in [0, 0.1) is 0 Å². The van der Waals surface area contributed by atoms with E-state index in [0.29, 0.717) is 0 Å². The number of carbonyl (C=O) groups is 3. The van der Waals surface area contributed by atoms with Crippen LogP contribution in [0.2, 0.25) is 0 Å². The minimum absolute atomic E-state index is 0.0543. The van der Waals surface area contributed by atoms with Gasteiger partial charge in [0.25, 0.3) is 0 Å². The molecular weight excluding hydrogens is 300 g/mol. The molecule has 0 heterocycles. The van der Waals surface area contributed by atoms with Gasteiger partial charge in [0.05, 0.1) is 7.11 Å². The molecule has 0 bridgehead atoms. The molecule has 1 rings (SSSR count). The minimum Gasteiger partial charge on any atom is -0.468 e. The molecule has 23 heavy (non-hydrogen) atoms. The Labute approximate surface area is 135 Å². The number of nitrogens with two attached hydrogens (primary N) is 1. The molecule has 7 heteroatoms. The fourth-order valence-corrected chi connectivity index (χ4v) is 1.80. The van der Waals surface area contributed by atoms with Gasteiger partial charge in [-0.2, -0.15) is 0 Å². The summed E-state index contributed by atoms with van der Waals surface area (Å²) < 4.78 is 9.58. The second-order valence-electron chi connectivity index (χ2n) is 5.06. The van der Waals surface area contributed by atoms with Gasteiger partial charge in [0.1, 0.15) is 19.2 Å². The Morgan fingerprint density at radius 3 is 2.48 bits per heavy atom. The number of benzene rings is 1. The van der Waals surface area contributed by atoms with Crippen molar-refractivity contribution in [3.8, 4) is 0 Å². The summed E-state index contributed by atoms with van der Waals surface area (Å²) in [6, 6.07) is 8.42. The maximum atomic E-state index is 11.9. The average molecular weight is 322 g/mol. The lowest BCUT2D eigenvalue weighted by molar-refractivity contribution is -0.150. The zero-order valence-corrected chi connectivity index (χ0v) is 13.4. The molecule has 1 aromatic rings. The number of hydrogen-bond donors (Lipinski definition) is 1. The summed E-state index contributed by atoms with van der Waals surface area (Å²) in [6.45, 7) is 0.00798. The number of rotatable bonds is 8. The predicted octanol–water partition coefficient (Wildman–Crippen LogP) is 0.469. The Morgan fingerprint density at radius 1 is 1.22 bits per heavy atom. The van der Waals surface area contributed by atoms with Crippen LogP contribution in [0.25, 0.3) is 0 Å². The van der Waals surface area contributed by atoms with E-state index >= 15 is 0 Å². The normalized spacial score (nSPS) is 11.4. The topological polar surface area (TPSA) is 98.9 Å². The van der Waals surface area contributed by atoms with Gasteiger partial charge < -0.3 is 20.1 Å². The summed E-state index contributed by atoms with van der Waals surface area (Å²) in [5.74, 6) is -1.36. The van der Waals surface area contributed by atoms with Crippen molar-refractivity contribution in [3.63, 3.8) is 0 Å². The van der Waals surface area contributed by atoms with Gasteiger partial charge in [-0.05, 0) is 12.0 Å². The molecule has 7 nitrogen and oxygen atoms in total. The van der Waals surface area contributed by atoms with Crippen molar-refractivity contribution < 1.29 is 23.9 Å². The molecule has 0 spiro atoms. The van der Waals surface area contributed by atoms with Crippen LogP contribution in [0.15, 0.2) is 30.3 Å². The molecule has 0 radical (unpaired) electrons. The standard InChI is InChI=1S/C16H22N2O5/c1-18(14(19)9-8-13(17)16(21)22-2)10-15(20)23-11-12-6-4-3-5-7-12/h3-7,13H,8-11,17H2,1-2H3. The average Bonchev–Trinajstić information content (AvgIpc) is 2.57. The molecule has 0 saturated heterocycles. The van der Waals surface area contributed by atoms with Gasteiger partial charge in [-0.1, -0.05) is 30.3 Å². The zero-order valence-electron chi connectivity index (χ0n) is 13.4. The van der Waals surface area contributed by atoms with E-state index in [1.807, 2.05) is 30.3 Å². The van der Waals surface area contributed by atoms with Crippen molar-refractivity contribution in [3.05, 3.63) is 35.9 Å². The number of nitrogens with zero attached hydrogens (tertiary/aromatic N) is 1. The second-order valence-corrected chi connectivity index (χ2v) is 5.06. The third kappa shape index (κ3) is 6.92. The van der Waals surface area contributed by atoms with Gasteiger partial charge in [0, 0.05) is 13.5 Å². The van der Waals surface area contributed by atoms with Crippen LogP contribution in [0.4, 0.5) is 0 Å². The Bertz CT molecular complexity index is 533. The highest BCUT2D eigenvalue weighted by Crippen LogP contribution is 2.03. The lowest BCUT2D eigenvalue weighted by Crippen LogP contribution is -2.36. The number of methoxy groups -OCH3 is 1. The van der Waals surface area contributed by atoms with Gasteiger partial charge in [-0.3, -0.25) is 14.4 Å². The number of likely N-dealkylation sites (N-methyl/N-ethyl adjacent to an activating group) is 1. The van der Waals surface area contributed by atoms with Crippen LogP contribution in [-0.2, 0) is 30.5 Å². The first kappa shape index (κ1) is 18.6. The third-order valence-corrected chi connectivity index (χ3v) is 3.21. The van der Waals surface area contributed by atoms with E-state index in [2.05, 4.69) is 4.74 Å². The highest BCUT2D eigenvalue weighted by atomic mass is 16.5. The van der Waals surface area contributed by atoms with Gasteiger partial charge in [-0.15, -0.1) is 0 Å². The van der Waals surface area contributed by atoms with Crippen LogP contribution in [0.3, 0.4) is 0 Å². The largest absolute Gasteiger partial charge is 0.468 e. The smallest absolute Gasteiger partial charge is 0.325 e. The molecule has 1 atom stereocenters. The van der Waals surface area contributed by atoms with E-state index < -0.39 is 18.0 Å². The van der Waals surface area contributed by atoms with E-state index in [0.717, 1.165) is 5.56 Å². The molecule has 0 aliphatic heterocycles. The molecule has 1 amide bonds. The number of hydrogen-bond acceptors (Lipinski definition) is 6. The van der Waals surface area contributed by atoms with Crippen molar-refractivity contribution in [1.82, 2.24) is 4.90 Å². The summed E-state index contributed by atoms with van der Waals surface area (Å²) in [6.07, 6.45) is 0.216. The first-order chi connectivity index (χ1) is 10.9. The first-order valence-corrected chi connectivity index (χ1v) is 7.21. The maximum absolute atomic E-state index is 11.9. The molecule has 0 fully saturated rings. The van der Waals surface area contributed by atoms with Crippen molar-refractivity contribution in [1.29, 1.82) is 0 Å². The fraction of sp³-hybridized carbons (Fsp3) is 0.438. The Kier molecular flexibility index (Phi) is 7.76. The quantitative estimate of drug-likeness (QED) is 0.699. The summed E-state index contributed by atoms with van der Waals surface area (Å²) in [7, 11) is 2.73. The van der Waals surface area contributed by atoms with Crippen molar-refractivity contribution in [2.45, 2.75) is 25.5 Å². The first-order valence-electron chi connectivity index (χ1n) is 7.21. The fourth-order valence-electron chi connectivity index (χ4n) is 1.80. The van der Waals surface area contributed by atoms with Crippen LogP contribution < -0.4 is 5.73 Å².